The van der Waals surface area contributed by atoms with Crippen LogP contribution in [-0.4, -0.2) is 28.6 Å². The Bertz CT molecular complexity index is 1650. The van der Waals surface area contributed by atoms with Gasteiger partial charge in [0, 0.05) is 5.56 Å². The second-order valence-corrected chi connectivity index (χ2v) is 19.8. The Balaban J connectivity index is 1.83. The van der Waals surface area contributed by atoms with Crippen molar-refractivity contribution >= 4 is 82.0 Å². The van der Waals surface area contributed by atoms with Crippen molar-refractivity contribution in [2.45, 2.75) is 58.2 Å². The lowest BCUT2D eigenvalue weighted by Gasteiger charge is -2.16. The van der Waals surface area contributed by atoms with Crippen molar-refractivity contribution in [2.75, 3.05) is 0 Å². The molecule has 5 aromatic rings. The Labute approximate surface area is 223 Å². The molecule has 0 bridgehead atoms. The van der Waals surface area contributed by atoms with E-state index < -0.39 is 9.52 Å². The molecule has 36 heavy (non-hydrogen) atoms. The van der Waals surface area contributed by atoms with Crippen molar-refractivity contribution < 1.29 is 0 Å². The molecular weight excluding hydrogens is 481 g/mol. The third kappa shape index (κ3) is 5.22. The molecule has 3 heteroatoms. The van der Waals surface area contributed by atoms with E-state index in [0.29, 0.717) is 0 Å². The minimum absolute atomic E-state index is 0.309. The van der Waals surface area contributed by atoms with Gasteiger partial charge in [-0.2, -0.15) is 0 Å². The van der Waals surface area contributed by atoms with Gasteiger partial charge in [-0.1, -0.05) is 99.3 Å². The molecule has 0 N–H and O–H groups in total. The predicted octanol–water partition coefficient (Wildman–Crippen LogP) is 5.85. The molecular formula is C33H38Si3. The number of hydrogen-bond donors (Lipinski definition) is 0. The molecule has 182 valence electrons. The van der Waals surface area contributed by atoms with Gasteiger partial charge in [0.1, 0.15) is 9.52 Å². The molecule has 0 amide bonds. The van der Waals surface area contributed by atoms with E-state index in [1.54, 1.807) is 10.4 Å². The summed E-state index contributed by atoms with van der Waals surface area (Å²) in [7, 11) is -1.09. The maximum absolute atomic E-state index is 3.65. The molecule has 0 unspecified atom stereocenters. The van der Waals surface area contributed by atoms with Crippen molar-refractivity contribution in [3.63, 3.8) is 0 Å². The van der Waals surface area contributed by atoms with Crippen molar-refractivity contribution in [1.29, 1.82) is 0 Å². The van der Waals surface area contributed by atoms with Gasteiger partial charge in [0.05, 0.1) is 19.0 Å². The zero-order valence-electron chi connectivity index (χ0n) is 22.7. The van der Waals surface area contributed by atoms with Crippen LogP contribution in [0.2, 0.25) is 16.6 Å². The Morgan fingerprint density at radius 2 is 1.11 bits per heavy atom. The smallest absolute Gasteiger partial charge is 0.110 e. The van der Waals surface area contributed by atoms with Gasteiger partial charge >= 0.3 is 0 Å². The van der Waals surface area contributed by atoms with E-state index in [-0.39, 0.29) is 19.0 Å². The van der Waals surface area contributed by atoms with Crippen LogP contribution in [0.3, 0.4) is 0 Å². The molecule has 0 saturated heterocycles. The van der Waals surface area contributed by atoms with Crippen LogP contribution in [0.4, 0.5) is 0 Å². The van der Waals surface area contributed by atoms with E-state index in [0.717, 1.165) is 16.6 Å². The van der Waals surface area contributed by atoms with Crippen LogP contribution in [0.5, 0.6) is 0 Å². The monoisotopic (exact) mass is 518 g/mol. The van der Waals surface area contributed by atoms with Gasteiger partial charge in [0.25, 0.3) is 0 Å². The molecule has 0 radical (unpaired) electrons. The molecule has 0 saturated carbocycles. The average molecular weight is 519 g/mol. The molecule has 0 aliphatic rings. The maximum atomic E-state index is 3.65. The summed E-state index contributed by atoms with van der Waals surface area (Å²) in [5.41, 5.74) is 7.13. The Kier molecular flexibility index (Phi) is 7.21. The fraction of sp³-hybridized carbons (Fsp3) is 0.273. The van der Waals surface area contributed by atoms with E-state index in [1.807, 2.05) is 0 Å². The highest BCUT2D eigenvalue weighted by molar-refractivity contribution is 6.62. The summed E-state index contributed by atoms with van der Waals surface area (Å²) < 4.78 is 0. The molecule has 0 heterocycles. The van der Waals surface area contributed by atoms with Gasteiger partial charge in [-0.25, -0.2) is 0 Å². The topological polar surface area (TPSA) is 0 Å². The molecule has 0 atom stereocenters. The second-order valence-electron chi connectivity index (χ2n) is 11.8. The third-order valence-corrected chi connectivity index (χ3v) is 11.9. The van der Waals surface area contributed by atoms with Gasteiger partial charge < -0.3 is 0 Å². The van der Waals surface area contributed by atoms with E-state index in [4.69, 9.17) is 0 Å². The SMILES string of the molecule is CC(C)[SiH2]C#Cc1cc([SiH2]C(C)C)cc2cc3c([SiH2]C(C)C)c4cc5ccccc5cc4cc3cc12. The summed E-state index contributed by atoms with van der Waals surface area (Å²) >= 11 is 0. The second kappa shape index (κ2) is 10.4. The molecule has 0 aliphatic carbocycles. The van der Waals surface area contributed by atoms with E-state index in [9.17, 15) is 0 Å². The maximum Gasteiger partial charge on any atom is 0.110 e. The summed E-state index contributed by atoms with van der Waals surface area (Å²) in [6, 6.07) is 26.0. The van der Waals surface area contributed by atoms with E-state index in [2.05, 4.69) is 120 Å². The largest absolute Gasteiger partial charge is 0.134 e. The van der Waals surface area contributed by atoms with Gasteiger partial charge in [-0.05, 0) is 85.0 Å². The number of fused-ring (bicyclic) bond motifs is 4. The first-order valence-corrected chi connectivity index (χ1v) is 18.2. The molecule has 5 aromatic carbocycles. The molecule has 0 nitrogen and oxygen atoms in total. The van der Waals surface area contributed by atoms with Crippen LogP contribution in [0, 0.1) is 11.5 Å². The Morgan fingerprint density at radius 1 is 0.556 bits per heavy atom. The van der Waals surface area contributed by atoms with Crippen LogP contribution in [0.1, 0.15) is 47.1 Å². The number of benzene rings is 5. The first-order valence-electron chi connectivity index (χ1n) is 13.6. The molecule has 0 aliphatic heterocycles. The summed E-state index contributed by atoms with van der Waals surface area (Å²) in [5, 5.41) is 14.3. The highest BCUT2D eigenvalue weighted by atomic mass is 28.2. The van der Waals surface area contributed by atoms with Gasteiger partial charge in [0.2, 0.25) is 0 Å². The lowest BCUT2D eigenvalue weighted by atomic mass is 9.96. The lowest BCUT2D eigenvalue weighted by molar-refractivity contribution is 1.07. The zero-order chi connectivity index (χ0) is 25.4. The molecule has 0 aromatic heterocycles. The summed E-state index contributed by atoms with van der Waals surface area (Å²) in [6.07, 6.45) is 0. The highest BCUT2D eigenvalue weighted by Crippen LogP contribution is 2.30. The first kappa shape index (κ1) is 25.0. The summed E-state index contributed by atoms with van der Waals surface area (Å²) in [6.45, 7) is 14.2. The van der Waals surface area contributed by atoms with E-state index in [1.165, 1.54) is 48.7 Å². The molecule has 0 spiro atoms. The quantitative estimate of drug-likeness (QED) is 0.156. The van der Waals surface area contributed by atoms with E-state index >= 15 is 0 Å². The number of hydrogen-bond acceptors (Lipinski definition) is 0. The molecule has 0 fully saturated rings. The van der Waals surface area contributed by atoms with Gasteiger partial charge in [0.15, 0.2) is 0 Å². The average Bonchev–Trinajstić information content (AvgIpc) is 2.81. The van der Waals surface area contributed by atoms with Crippen molar-refractivity contribution in [3.8, 4) is 11.5 Å². The van der Waals surface area contributed by atoms with Crippen molar-refractivity contribution in [2.24, 2.45) is 0 Å². The number of rotatable bonds is 5. The molecule has 5 rings (SSSR count). The van der Waals surface area contributed by atoms with Crippen LogP contribution >= 0.6 is 0 Å². The Morgan fingerprint density at radius 3 is 1.78 bits per heavy atom. The fourth-order valence-corrected chi connectivity index (χ4v) is 9.67. The minimum Gasteiger partial charge on any atom is -0.134 e. The lowest BCUT2D eigenvalue weighted by Crippen LogP contribution is -2.20. The van der Waals surface area contributed by atoms with Crippen LogP contribution < -0.4 is 10.4 Å². The van der Waals surface area contributed by atoms with Crippen molar-refractivity contribution in [1.82, 2.24) is 0 Å². The minimum atomic E-state index is -0.427. The summed E-state index contributed by atoms with van der Waals surface area (Å²) in [5.74, 6) is 3.65. The fourth-order valence-electron chi connectivity index (χ4n) is 5.49. The van der Waals surface area contributed by atoms with Crippen molar-refractivity contribution in [3.05, 3.63) is 72.3 Å². The van der Waals surface area contributed by atoms with Crippen LogP contribution in [-0.2, 0) is 0 Å². The highest BCUT2D eigenvalue weighted by Gasteiger charge is 2.14. The first-order chi connectivity index (χ1) is 17.3. The Hall–Kier alpha value is -2.65. The van der Waals surface area contributed by atoms with Gasteiger partial charge in [-0.3, -0.25) is 0 Å². The third-order valence-electron chi connectivity index (χ3n) is 7.05. The standard InChI is InChI=1S/C33H38Si3/c1-20(2)34-12-11-25-15-29(35-21(3)4)16-28-19-32-27(18-30(25)28)14-26-13-23-9-7-8-10-24(23)17-31(26)33(32)36-22(5)6/h7-10,13-22H,34-36H2,1-6H3. The summed E-state index contributed by atoms with van der Waals surface area (Å²) in [4.78, 5) is 0. The normalized spacial score (nSPS) is 12.9. The zero-order valence-corrected chi connectivity index (χ0v) is 26.9. The van der Waals surface area contributed by atoms with Crippen LogP contribution in [0.25, 0.3) is 43.1 Å². The van der Waals surface area contributed by atoms with Gasteiger partial charge in [-0.15, -0.1) is 5.54 Å². The predicted molar refractivity (Wildman–Crippen MR) is 174 cm³/mol. The van der Waals surface area contributed by atoms with Crippen LogP contribution in [0.15, 0.2) is 66.7 Å².